The van der Waals surface area contributed by atoms with Crippen LogP contribution in [0.25, 0.3) is 12.2 Å². The molecule has 0 saturated carbocycles. The lowest BCUT2D eigenvalue weighted by Gasteiger charge is -1.85. The molecular weight excluding hydrogens is 238 g/mol. The first kappa shape index (κ1) is 11.2. The molecule has 2 heterocycles. The van der Waals surface area contributed by atoms with E-state index in [-0.39, 0.29) is 0 Å². The minimum Gasteiger partial charge on any atom is -0.259 e. The average molecular weight is 249 g/mol. The number of aromatic amines is 1. The Morgan fingerprint density at radius 2 is 2.44 bits per heavy atom. The molecule has 0 saturated heterocycles. The third-order valence-corrected chi connectivity index (χ3v) is 3.44. The third-order valence-electron chi connectivity index (χ3n) is 1.76. The minimum atomic E-state index is 0.755. The first-order chi connectivity index (χ1) is 7.88. The molecule has 0 aliphatic rings. The lowest BCUT2D eigenvalue weighted by molar-refractivity contribution is 0.974. The zero-order valence-corrected chi connectivity index (χ0v) is 10.2. The van der Waals surface area contributed by atoms with Gasteiger partial charge in [-0.1, -0.05) is 23.9 Å². The lowest BCUT2D eigenvalue weighted by atomic mass is 10.4. The fourth-order valence-electron chi connectivity index (χ4n) is 1.08. The number of thiophene rings is 1. The fourth-order valence-corrected chi connectivity index (χ4v) is 2.24. The molecule has 1 N–H and O–H groups in total. The van der Waals surface area contributed by atoms with E-state index in [9.17, 15) is 0 Å². The van der Waals surface area contributed by atoms with E-state index < -0.39 is 0 Å². The van der Waals surface area contributed by atoms with Crippen molar-refractivity contribution in [3.8, 4) is 0 Å². The molecule has 2 aromatic heterocycles. The Labute approximate surface area is 102 Å². The zero-order valence-electron chi connectivity index (χ0n) is 8.59. The van der Waals surface area contributed by atoms with Gasteiger partial charge in [-0.25, -0.2) is 4.98 Å². The molecule has 0 aliphatic carbocycles. The highest BCUT2D eigenvalue weighted by Gasteiger charge is 1.99. The topological polar surface area (TPSA) is 41.6 Å². The molecule has 0 amide bonds. The summed E-state index contributed by atoms with van der Waals surface area (Å²) >= 11 is 3.26. The van der Waals surface area contributed by atoms with Crippen molar-refractivity contribution >= 4 is 35.3 Å². The van der Waals surface area contributed by atoms with Gasteiger partial charge in [0.25, 0.3) is 0 Å². The van der Waals surface area contributed by atoms with E-state index in [1.165, 1.54) is 4.88 Å². The maximum absolute atomic E-state index is 4.31. The van der Waals surface area contributed by atoms with E-state index in [1.807, 2.05) is 29.7 Å². The van der Waals surface area contributed by atoms with Crippen molar-refractivity contribution in [3.63, 3.8) is 0 Å². The van der Waals surface area contributed by atoms with Crippen LogP contribution in [0.2, 0.25) is 0 Å². The fraction of sp³-hybridized carbons (Fsp3) is 0.0909. The first-order valence-electron chi connectivity index (χ1n) is 4.76. The molecule has 0 fully saturated rings. The third kappa shape index (κ3) is 3.08. The molecule has 2 rings (SSSR count). The summed E-state index contributed by atoms with van der Waals surface area (Å²) in [5, 5.41) is 9.77. The van der Waals surface area contributed by atoms with Gasteiger partial charge in [-0.15, -0.1) is 23.0 Å². The Hall–Kier alpha value is -1.33. The Bertz CT molecular complexity index is 471. The van der Waals surface area contributed by atoms with Crippen LogP contribution < -0.4 is 0 Å². The number of H-pyrrole nitrogens is 1. The van der Waals surface area contributed by atoms with Crippen molar-refractivity contribution < 1.29 is 0 Å². The molecule has 0 unspecified atom stereocenters. The van der Waals surface area contributed by atoms with Crippen molar-refractivity contribution in [2.24, 2.45) is 0 Å². The van der Waals surface area contributed by atoms with E-state index in [2.05, 4.69) is 27.8 Å². The molecule has 0 aliphatic heterocycles. The Kier molecular flexibility index (Phi) is 3.96. The van der Waals surface area contributed by atoms with Crippen LogP contribution in [-0.2, 0) is 0 Å². The van der Waals surface area contributed by atoms with E-state index in [4.69, 9.17) is 0 Å². The van der Waals surface area contributed by atoms with Crippen LogP contribution in [0, 0.1) is 0 Å². The van der Waals surface area contributed by atoms with E-state index in [0.29, 0.717) is 0 Å². The molecule has 0 radical (unpaired) electrons. The van der Waals surface area contributed by atoms with Crippen LogP contribution in [0.5, 0.6) is 0 Å². The maximum Gasteiger partial charge on any atom is 0.209 e. The molecule has 5 heteroatoms. The predicted molar refractivity (Wildman–Crippen MR) is 70.6 cm³/mol. The molecule has 2 aromatic rings. The van der Waals surface area contributed by atoms with Gasteiger partial charge in [-0.05, 0) is 23.6 Å². The summed E-state index contributed by atoms with van der Waals surface area (Å²) in [6, 6.07) is 4.08. The highest BCUT2D eigenvalue weighted by atomic mass is 32.2. The molecule has 16 heavy (non-hydrogen) atoms. The van der Waals surface area contributed by atoms with E-state index >= 15 is 0 Å². The summed E-state index contributed by atoms with van der Waals surface area (Å²) in [5.74, 6) is 1.60. The van der Waals surface area contributed by atoms with Crippen LogP contribution in [0.1, 0.15) is 10.7 Å². The number of nitrogens with one attached hydrogen (secondary N) is 1. The number of thioether (sulfide) groups is 1. The number of nitrogens with zero attached hydrogens (tertiary/aromatic N) is 2. The summed E-state index contributed by atoms with van der Waals surface area (Å²) < 4.78 is 0. The van der Waals surface area contributed by atoms with Crippen LogP contribution in [0.15, 0.2) is 35.3 Å². The van der Waals surface area contributed by atoms with Crippen LogP contribution in [0.3, 0.4) is 0 Å². The van der Waals surface area contributed by atoms with Crippen molar-refractivity contribution in [3.05, 3.63) is 40.9 Å². The van der Waals surface area contributed by atoms with Gasteiger partial charge in [-0.3, -0.25) is 5.10 Å². The maximum atomic E-state index is 4.31. The van der Waals surface area contributed by atoms with Gasteiger partial charge >= 0.3 is 0 Å². The number of hydrogen-bond donors (Lipinski definition) is 1. The highest BCUT2D eigenvalue weighted by molar-refractivity contribution is 7.99. The molecule has 3 nitrogen and oxygen atoms in total. The molecule has 0 spiro atoms. The van der Waals surface area contributed by atoms with Gasteiger partial charge in [0.05, 0.1) is 0 Å². The monoisotopic (exact) mass is 249 g/mol. The Balaban J connectivity index is 1.99. The summed E-state index contributed by atoms with van der Waals surface area (Å²) in [6.45, 7) is 3.65. The van der Waals surface area contributed by atoms with Gasteiger partial charge in [0.1, 0.15) is 5.82 Å². The van der Waals surface area contributed by atoms with Gasteiger partial charge in [0, 0.05) is 10.6 Å². The molecule has 0 bridgehead atoms. The lowest BCUT2D eigenvalue weighted by Crippen LogP contribution is -1.75. The largest absolute Gasteiger partial charge is 0.259 e. The van der Waals surface area contributed by atoms with Crippen LogP contribution in [0.4, 0.5) is 0 Å². The predicted octanol–water partition coefficient (Wildman–Crippen LogP) is 3.31. The second-order valence-corrected chi connectivity index (χ2v) is 4.92. The second kappa shape index (κ2) is 5.67. The summed E-state index contributed by atoms with van der Waals surface area (Å²) in [5.41, 5.74) is 0. The van der Waals surface area contributed by atoms with Gasteiger partial charge in [-0.2, -0.15) is 0 Å². The van der Waals surface area contributed by atoms with Gasteiger partial charge in [0.2, 0.25) is 5.16 Å². The van der Waals surface area contributed by atoms with Gasteiger partial charge in [0.15, 0.2) is 0 Å². The average Bonchev–Trinajstić information content (AvgIpc) is 2.95. The van der Waals surface area contributed by atoms with Crippen molar-refractivity contribution in [1.29, 1.82) is 0 Å². The van der Waals surface area contributed by atoms with Crippen molar-refractivity contribution in [2.75, 3.05) is 5.75 Å². The number of aromatic nitrogens is 3. The van der Waals surface area contributed by atoms with Gasteiger partial charge < -0.3 is 0 Å². The first-order valence-corrected chi connectivity index (χ1v) is 6.62. The standard InChI is InChI=1S/C11H11N3S2/c1-2-7-16-11-12-10(13-14-11)6-5-9-4-3-8-15-9/h2-6,8H,1,7H2,(H,12,13,14)/b6-5+. The van der Waals surface area contributed by atoms with Crippen LogP contribution in [-0.4, -0.2) is 20.9 Å². The quantitative estimate of drug-likeness (QED) is 0.653. The Morgan fingerprint density at radius 3 is 3.19 bits per heavy atom. The Morgan fingerprint density at radius 1 is 1.50 bits per heavy atom. The summed E-state index contributed by atoms with van der Waals surface area (Å²) in [4.78, 5) is 5.52. The van der Waals surface area contributed by atoms with E-state index in [1.54, 1.807) is 23.1 Å². The zero-order chi connectivity index (χ0) is 11.2. The van der Waals surface area contributed by atoms with E-state index in [0.717, 1.165) is 16.7 Å². The minimum absolute atomic E-state index is 0.755. The number of rotatable bonds is 5. The normalized spacial score (nSPS) is 11.0. The summed E-state index contributed by atoms with van der Waals surface area (Å²) in [7, 11) is 0. The van der Waals surface area contributed by atoms with Crippen molar-refractivity contribution in [1.82, 2.24) is 15.2 Å². The number of hydrogen-bond acceptors (Lipinski definition) is 4. The second-order valence-electron chi connectivity index (χ2n) is 2.95. The highest BCUT2D eigenvalue weighted by Crippen LogP contribution is 2.14. The molecule has 0 atom stereocenters. The molecular formula is C11H11N3S2. The smallest absolute Gasteiger partial charge is 0.209 e. The molecule has 82 valence electrons. The molecule has 0 aromatic carbocycles. The summed E-state index contributed by atoms with van der Waals surface area (Å²) in [6.07, 6.45) is 5.78. The SMILES string of the molecule is C=CCSc1n[nH]c(/C=C/c2cccs2)n1. The van der Waals surface area contributed by atoms with Crippen molar-refractivity contribution in [2.45, 2.75) is 5.16 Å². The van der Waals surface area contributed by atoms with Crippen LogP contribution >= 0.6 is 23.1 Å².